The van der Waals surface area contributed by atoms with E-state index in [1.165, 1.54) is 6.42 Å². The molecule has 0 atom stereocenters. The van der Waals surface area contributed by atoms with Crippen molar-refractivity contribution >= 4 is 22.7 Å². The number of ether oxygens (including phenoxy) is 1. The summed E-state index contributed by atoms with van der Waals surface area (Å²) in [5, 5.41) is 13.2. The number of hydrogen-bond acceptors (Lipinski definition) is 4. The maximum atomic E-state index is 10.3. The number of methoxy groups -OCH3 is 1. The zero-order valence-electron chi connectivity index (χ0n) is 19.7. The number of benzene rings is 1. The molecular weight excluding hydrogens is 378 g/mol. The summed E-state index contributed by atoms with van der Waals surface area (Å²) in [6, 6.07) is 5.56. The van der Waals surface area contributed by atoms with Crippen molar-refractivity contribution in [2.24, 2.45) is 5.92 Å². The first kappa shape index (κ1) is 26.9. The maximum Gasteiger partial charge on any atom is 0.123 e. The lowest BCUT2D eigenvalue weighted by Crippen LogP contribution is -1.92. The molecule has 0 aliphatic heterocycles. The molecule has 1 N–H and O–H groups in total. The number of allylic oxidation sites excluding steroid dienone is 2. The minimum atomic E-state index is 0.187. The molecule has 1 aromatic heterocycles. The highest BCUT2D eigenvalue weighted by Gasteiger charge is 2.10. The SMILES string of the molecule is C=C(/C=C(/O)c1ccc(OC)cc1C)c1nc(C(C)C)cs1.CC.CCC(C)C. The fourth-order valence-corrected chi connectivity index (χ4v) is 2.98. The number of hydrogen-bond donors (Lipinski definition) is 1. The van der Waals surface area contributed by atoms with E-state index in [2.05, 4.69) is 46.2 Å². The summed E-state index contributed by atoms with van der Waals surface area (Å²) in [7, 11) is 1.63. The minimum Gasteiger partial charge on any atom is -0.507 e. The van der Waals surface area contributed by atoms with E-state index in [0.29, 0.717) is 11.5 Å². The van der Waals surface area contributed by atoms with E-state index < -0.39 is 0 Å². The van der Waals surface area contributed by atoms with Gasteiger partial charge in [-0.15, -0.1) is 11.3 Å². The number of aryl methyl sites for hydroxylation is 1. The van der Waals surface area contributed by atoms with Crippen molar-refractivity contribution < 1.29 is 9.84 Å². The second kappa shape index (κ2) is 14.0. The van der Waals surface area contributed by atoms with Crippen LogP contribution in [0.4, 0.5) is 0 Å². The topological polar surface area (TPSA) is 42.4 Å². The van der Waals surface area contributed by atoms with Crippen molar-refractivity contribution in [2.45, 2.75) is 67.7 Å². The molecule has 29 heavy (non-hydrogen) atoms. The summed E-state index contributed by atoms with van der Waals surface area (Å²) in [5.41, 5.74) is 3.48. The monoisotopic (exact) mass is 417 g/mol. The highest BCUT2D eigenvalue weighted by Crippen LogP contribution is 2.27. The molecular formula is C25H39NO2S. The van der Waals surface area contributed by atoms with Gasteiger partial charge < -0.3 is 9.84 Å². The van der Waals surface area contributed by atoms with Crippen LogP contribution in [0.2, 0.25) is 0 Å². The third-order valence-electron chi connectivity index (χ3n) is 4.23. The molecule has 1 heterocycles. The molecule has 0 saturated carbocycles. The number of thiazole rings is 1. The Morgan fingerprint density at radius 2 is 1.83 bits per heavy atom. The average Bonchev–Trinajstić information content (AvgIpc) is 3.20. The van der Waals surface area contributed by atoms with E-state index in [1.807, 2.05) is 44.4 Å². The number of aliphatic hydroxyl groups excluding tert-OH is 1. The molecule has 2 rings (SSSR count). The Kier molecular flexibility index (Phi) is 13.0. The summed E-state index contributed by atoms with van der Waals surface area (Å²) in [6.45, 7) is 20.8. The van der Waals surface area contributed by atoms with Gasteiger partial charge in [-0.1, -0.05) is 61.5 Å². The number of aliphatic hydroxyl groups is 1. The van der Waals surface area contributed by atoms with Crippen LogP contribution in [-0.4, -0.2) is 17.2 Å². The molecule has 0 aliphatic carbocycles. The van der Waals surface area contributed by atoms with Crippen LogP contribution in [0.25, 0.3) is 11.3 Å². The van der Waals surface area contributed by atoms with Crippen LogP contribution >= 0.6 is 11.3 Å². The van der Waals surface area contributed by atoms with Gasteiger partial charge in [-0.2, -0.15) is 0 Å². The molecule has 0 fully saturated rings. The second-order valence-corrected chi connectivity index (χ2v) is 8.13. The van der Waals surface area contributed by atoms with Crippen molar-refractivity contribution in [3.63, 3.8) is 0 Å². The van der Waals surface area contributed by atoms with Crippen LogP contribution in [0, 0.1) is 12.8 Å². The van der Waals surface area contributed by atoms with Crippen LogP contribution in [-0.2, 0) is 0 Å². The minimum absolute atomic E-state index is 0.187. The van der Waals surface area contributed by atoms with Gasteiger partial charge in [0.2, 0.25) is 0 Å². The Hall–Kier alpha value is -2.07. The number of aromatic nitrogens is 1. The Morgan fingerprint density at radius 1 is 1.24 bits per heavy atom. The zero-order valence-corrected chi connectivity index (χ0v) is 20.5. The second-order valence-electron chi connectivity index (χ2n) is 7.27. The summed E-state index contributed by atoms with van der Waals surface area (Å²) in [4.78, 5) is 4.55. The maximum absolute atomic E-state index is 10.3. The zero-order chi connectivity index (χ0) is 22.6. The highest BCUT2D eigenvalue weighted by atomic mass is 32.1. The quantitative estimate of drug-likeness (QED) is 0.380. The molecule has 0 spiro atoms. The van der Waals surface area contributed by atoms with E-state index in [-0.39, 0.29) is 5.76 Å². The molecule has 0 saturated heterocycles. The van der Waals surface area contributed by atoms with Gasteiger partial charge in [0.05, 0.1) is 12.8 Å². The predicted molar refractivity (Wildman–Crippen MR) is 130 cm³/mol. The summed E-state index contributed by atoms with van der Waals surface area (Å²) in [5.74, 6) is 2.23. The van der Waals surface area contributed by atoms with E-state index in [4.69, 9.17) is 4.74 Å². The van der Waals surface area contributed by atoms with E-state index in [9.17, 15) is 5.11 Å². The lowest BCUT2D eigenvalue weighted by Gasteiger charge is -2.08. The lowest BCUT2D eigenvalue weighted by atomic mass is 10.1. The molecule has 0 amide bonds. The third-order valence-corrected chi connectivity index (χ3v) is 5.16. The standard InChI is InChI=1S/C18H21NO2S.C5H12.C2H6/c1-11(2)16-10-22-18(19-16)13(4)9-17(20)15-7-6-14(21-5)8-12(15)3;1-4-5(2)3;1-2/h6-11,20H,4H2,1-3,5H3;5H,4H2,1-3H3;1-2H3/b17-9+;;. The Balaban J connectivity index is 0.000000977. The van der Waals surface area contributed by atoms with Crippen LogP contribution in [0.1, 0.15) is 82.6 Å². The van der Waals surface area contributed by atoms with Gasteiger partial charge in [-0.05, 0) is 48.6 Å². The van der Waals surface area contributed by atoms with Crippen molar-refractivity contribution in [1.29, 1.82) is 0 Å². The average molecular weight is 418 g/mol. The Bertz CT molecular complexity index is 773. The van der Waals surface area contributed by atoms with Crippen LogP contribution < -0.4 is 4.74 Å². The van der Waals surface area contributed by atoms with Crippen LogP contribution in [0.3, 0.4) is 0 Å². The van der Waals surface area contributed by atoms with E-state index in [0.717, 1.165) is 33.5 Å². The first-order chi connectivity index (χ1) is 13.7. The lowest BCUT2D eigenvalue weighted by molar-refractivity contribution is 0.414. The fraction of sp³-hybridized carbons (Fsp3) is 0.480. The van der Waals surface area contributed by atoms with Crippen LogP contribution in [0.5, 0.6) is 5.75 Å². The molecule has 0 radical (unpaired) electrons. The Labute approximate surface area is 182 Å². The van der Waals surface area contributed by atoms with Gasteiger partial charge in [-0.25, -0.2) is 4.98 Å². The van der Waals surface area contributed by atoms with E-state index in [1.54, 1.807) is 24.5 Å². The van der Waals surface area contributed by atoms with Gasteiger partial charge in [0.25, 0.3) is 0 Å². The van der Waals surface area contributed by atoms with E-state index >= 15 is 0 Å². The van der Waals surface area contributed by atoms with Gasteiger partial charge in [-0.3, -0.25) is 0 Å². The third kappa shape index (κ3) is 9.31. The predicted octanol–water partition coefficient (Wildman–Crippen LogP) is 8.27. The molecule has 162 valence electrons. The number of nitrogens with zero attached hydrogens (tertiary/aromatic N) is 1. The molecule has 0 bridgehead atoms. The Morgan fingerprint density at radius 3 is 2.24 bits per heavy atom. The summed E-state index contributed by atoms with van der Waals surface area (Å²) >= 11 is 1.55. The van der Waals surface area contributed by atoms with Gasteiger partial charge >= 0.3 is 0 Å². The van der Waals surface area contributed by atoms with Crippen molar-refractivity contribution in [3.8, 4) is 5.75 Å². The van der Waals surface area contributed by atoms with Crippen LogP contribution in [0.15, 0.2) is 36.2 Å². The van der Waals surface area contributed by atoms with Gasteiger partial charge in [0.15, 0.2) is 0 Å². The fourth-order valence-electron chi connectivity index (χ4n) is 2.05. The first-order valence-corrected chi connectivity index (χ1v) is 11.3. The summed E-state index contributed by atoms with van der Waals surface area (Å²) < 4.78 is 5.18. The number of rotatable bonds is 6. The molecule has 0 aliphatic rings. The summed E-state index contributed by atoms with van der Waals surface area (Å²) in [6.07, 6.45) is 2.97. The smallest absolute Gasteiger partial charge is 0.123 e. The highest BCUT2D eigenvalue weighted by molar-refractivity contribution is 7.10. The molecule has 1 aromatic carbocycles. The van der Waals surface area contributed by atoms with Gasteiger partial charge in [0.1, 0.15) is 16.5 Å². The molecule has 0 unspecified atom stereocenters. The van der Waals surface area contributed by atoms with Crippen molar-refractivity contribution in [3.05, 3.63) is 58.1 Å². The van der Waals surface area contributed by atoms with Crippen molar-refractivity contribution in [2.75, 3.05) is 7.11 Å². The van der Waals surface area contributed by atoms with Gasteiger partial charge in [0, 0.05) is 16.5 Å². The normalized spacial score (nSPS) is 10.8. The largest absolute Gasteiger partial charge is 0.507 e. The molecule has 2 aromatic rings. The van der Waals surface area contributed by atoms with Crippen molar-refractivity contribution in [1.82, 2.24) is 4.98 Å². The molecule has 4 heteroatoms. The molecule has 3 nitrogen and oxygen atoms in total. The first-order valence-electron chi connectivity index (χ1n) is 10.4.